The first-order valence-corrected chi connectivity index (χ1v) is 16.5. The molecule has 2 fully saturated rings. The van der Waals surface area contributed by atoms with Crippen molar-refractivity contribution < 1.29 is 8.42 Å². The summed E-state index contributed by atoms with van der Waals surface area (Å²) in [6.07, 6.45) is 5.51. The van der Waals surface area contributed by atoms with Crippen molar-refractivity contribution in [3.05, 3.63) is 66.9 Å². The largest absolute Gasteiger partial charge is 0.371 e. The van der Waals surface area contributed by atoms with Crippen LogP contribution in [0.15, 0.2) is 66.9 Å². The van der Waals surface area contributed by atoms with Gasteiger partial charge in [-0.2, -0.15) is 0 Å². The minimum absolute atomic E-state index is 0.465. The average Bonchev–Trinajstić information content (AvgIpc) is 3.41. The van der Waals surface area contributed by atoms with Crippen molar-refractivity contribution in [3.8, 4) is 11.3 Å². The molecule has 42 heavy (non-hydrogen) atoms. The van der Waals surface area contributed by atoms with Gasteiger partial charge in [-0.15, -0.1) is 5.10 Å². The number of hydrogen-bond acceptors (Lipinski definition) is 8. The number of anilines is 4. The van der Waals surface area contributed by atoms with E-state index in [4.69, 9.17) is 5.10 Å². The van der Waals surface area contributed by atoms with Crippen LogP contribution in [0.1, 0.15) is 12.8 Å². The van der Waals surface area contributed by atoms with Gasteiger partial charge in [0.1, 0.15) is 0 Å². The molecule has 0 amide bonds. The molecule has 11 heteroatoms. The number of nitrogens with zero attached hydrogens (tertiary/aromatic N) is 7. The van der Waals surface area contributed by atoms with Crippen molar-refractivity contribution in [2.24, 2.45) is 5.92 Å². The molecule has 0 aliphatic carbocycles. The monoisotopic (exact) mass is 588 g/mol. The number of fused-ring (bicyclic) bond motifs is 1. The molecule has 6 rings (SSSR count). The van der Waals surface area contributed by atoms with Crippen molar-refractivity contribution in [1.82, 2.24) is 24.4 Å². The summed E-state index contributed by atoms with van der Waals surface area (Å²) in [4.78, 5) is 12.1. The highest BCUT2D eigenvalue weighted by atomic mass is 32.2. The number of piperazine rings is 1. The van der Waals surface area contributed by atoms with Gasteiger partial charge in [0.05, 0.1) is 29.4 Å². The lowest BCUT2D eigenvalue weighted by Crippen LogP contribution is -2.48. The minimum atomic E-state index is -3.42. The molecule has 0 bridgehead atoms. The van der Waals surface area contributed by atoms with E-state index in [1.54, 1.807) is 23.8 Å². The molecule has 0 saturated carbocycles. The Kier molecular flexibility index (Phi) is 8.06. The Hall–Kier alpha value is -3.67. The van der Waals surface area contributed by atoms with Gasteiger partial charge in [0.15, 0.2) is 0 Å². The fourth-order valence-electron chi connectivity index (χ4n) is 6.04. The van der Waals surface area contributed by atoms with Crippen LogP contribution in [0.25, 0.3) is 16.8 Å². The van der Waals surface area contributed by atoms with E-state index < -0.39 is 10.0 Å². The zero-order chi connectivity index (χ0) is 29.3. The molecule has 4 heterocycles. The average molecular weight is 589 g/mol. The Labute approximate surface area is 248 Å². The van der Waals surface area contributed by atoms with Gasteiger partial charge in [0.25, 0.3) is 0 Å². The number of aromatic nitrogens is 3. The van der Waals surface area contributed by atoms with Gasteiger partial charge in [-0.05, 0) is 68.3 Å². The van der Waals surface area contributed by atoms with Crippen molar-refractivity contribution in [1.29, 1.82) is 0 Å². The highest BCUT2D eigenvalue weighted by molar-refractivity contribution is 7.92. The first-order valence-electron chi connectivity index (χ1n) is 14.7. The van der Waals surface area contributed by atoms with E-state index in [-0.39, 0.29) is 0 Å². The summed E-state index contributed by atoms with van der Waals surface area (Å²) in [6.45, 7) is 8.08. The summed E-state index contributed by atoms with van der Waals surface area (Å²) in [5, 5.41) is 8.10. The molecule has 4 aromatic rings. The van der Waals surface area contributed by atoms with Crippen molar-refractivity contribution in [3.63, 3.8) is 0 Å². The fraction of sp³-hybridized carbons (Fsp3) is 0.419. The Bertz CT molecular complexity index is 1630. The van der Waals surface area contributed by atoms with Gasteiger partial charge >= 0.3 is 0 Å². The predicted molar refractivity (Wildman–Crippen MR) is 170 cm³/mol. The van der Waals surface area contributed by atoms with Crippen LogP contribution in [-0.4, -0.2) is 99.0 Å². The maximum Gasteiger partial charge on any atom is 0.245 e. The van der Waals surface area contributed by atoms with E-state index in [1.807, 2.05) is 30.3 Å². The zero-order valence-electron chi connectivity index (χ0n) is 24.6. The van der Waals surface area contributed by atoms with Crippen molar-refractivity contribution in [2.75, 3.05) is 80.7 Å². The lowest BCUT2D eigenvalue weighted by molar-refractivity contribution is 0.131. The normalized spacial score (nSPS) is 18.8. The second-order valence-electron chi connectivity index (χ2n) is 11.6. The topological polar surface area (TPSA) is 89.3 Å². The van der Waals surface area contributed by atoms with Crippen LogP contribution in [-0.2, 0) is 10.0 Å². The summed E-state index contributed by atoms with van der Waals surface area (Å²) in [7, 11) is 0.351. The van der Waals surface area contributed by atoms with Gasteiger partial charge in [-0.25, -0.2) is 17.9 Å². The number of sulfonamides is 1. The fourth-order valence-corrected chi connectivity index (χ4v) is 6.55. The third-order valence-electron chi connectivity index (χ3n) is 8.54. The number of nitrogens with one attached hydrogen (secondary N) is 1. The maximum absolute atomic E-state index is 12.3. The molecule has 2 aromatic carbocycles. The van der Waals surface area contributed by atoms with E-state index >= 15 is 0 Å². The number of benzene rings is 2. The van der Waals surface area contributed by atoms with E-state index in [9.17, 15) is 8.42 Å². The summed E-state index contributed by atoms with van der Waals surface area (Å²) >= 11 is 0. The molecule has 222 valence electrons. The number of piperidine rings is 1. The number of hydrogen-bond donors (Lipinski definition) is 1. The summed E-state index contributed by atoms with van der Waals surface area (Å²) in [6, 6.07) is 19.8. The number of rotatable bonds is 8. The van der Waals surface area contributed by atoms with Gasteiger partial charge in [-0.1, -0.05) is 18.2 Å². The molecular weight excluding hydrogens is 548 g/mol. The third kappa shape index (κ3) is 6.23. The van der Waals surface area contributed by atoms with Crippen LogP contribution >= 0.6 is 0 Å². The molecule has 2 aliphatic rings. The van der Waals surface area contributed by atoms with Gasteiger partial charge in [-0.3, -0.25) is 4.31 Å². The lowest BCUT2D eigenvalue weighted by atomic mass is 9.96. The van der Waals surface area contributed by atoms with E-state index in [1.165, 1.54) is 61.8 Å². The van der Waals surface area contributed by atoms with Crippen LogP contribution in [0, 0.1) is 5.92 Å². The molecule has 1 atom stereocenters. The van der Waals surface area contributed by atoms with Crippen LogP contribution in [0.3, 0.4) is 0 Å². The molecule has 0 radical (unpaired) electrons. The SMILES string of the molecule is CN1CCN(CC2CCCN(c3ccc(Nc4ncc5ccc(-c6ccccc6N(C)S(C)(=O)=O)n5n4)cc3)C2)CC1. The van der Waals surface area contributed by atoms with Crippen LogP contribution in [0.4, 0.5) is 23.0 Å². The summed E-state index contributed by atoms with van der Waals surface area (Å²) in [5.74, 6) is 1.17. The Morgan fingerprint density at radius 1 is 0.976 bits per heavy atom. The second kappa shape index (κ2) is 11.9. The highest BCUT2D eigenvalue weighted by Crippen LogP contribution is 2.32. The molecule has 1 N–H and O–H groups in total. The van der Waals surface area contributed by atoms with Crippen LogP contribution in [0.5, 0.6) is 0 Å². The highest BCUT2D eigenvalue weighted by Gasteiger charge is 2.24. The molecule has 10 nitrogen and oxygen atoms in total. The minimum Gasteiger partial charge on any atom is -0.371 e. The first-order chi connectivity index (χ1) is 20.2. The molecule has 2 saturated heterocycles. The van der Waals surface area contributed by atoms with Gasteiger partial charge in [0, 0.05) is 69.8 Å². The number of para-hydroxylation sites is 1. The molecule has 0 spiro atoms. The predicted octanol–water partition coefficient (Wildman–Crippen LogP) is 4.00. The van der Waals surface area contributed by atoms with Gasteiger partial charge in [0.2, 0.25) is 16.0 Å². The number of likely N-dealkylation sites (N-methyl/N-ethyl adjacent to an activating group) is 1. The quantitative estimate of drug-likeness (QED) is 0.331. The Balaban J connectivity index is 1.16. The summed E-state index contributed by atoms with van der Waals surface area (Å²) < 4.78 is 27.7. The van der Waals surface area contributed by atoms with Crippen LogP contribution < -0.4 is 14.5 Å². The van der Waals surface area contributed by atoms with Crippen molar-refractivity contribution >= 4 is 38.6 Å². The lowest BCUT2D eigenvalue weighted by Gasteiger charge is -2.39. The molecule has 2 aliphatic heterocycles. The Morgan fingerprint density at radius 3 is 2.50 bits per heavy atom. The first kappa shape index (κ1) is 28.4. The van der Waals surface area contributed by atoms with E-state index in [0.717, 1.165) is 35.6 Å². The Morgan fingerprint density at radius 2 is 1.74 bits per heavy atom. The van der Waals surface area contributed by atoms with Gasteiger partial charge < -0.3 is 20.0 Å². The smallest absolute Gasteiger partial charge is 0.245 e. The van der Waals surface area contributed by atoms with E-state index in [0.29, 0.717) is 17.6 Å². The van der Waals surface area contributed by atoms with E-state index in [2.05, 4.69) is 56.3 Å². The maximum atomic E-state index is 12.3. The molecule has 2 aromatic heterocycles. The standard InChI is InChI=1S/C31H40N8O2S/c1-35-17-19-37(20-18-35)22-24-7-6-16-38(23-24)26-12-10-25(11-13-26)33-31-32-21-27-14-15-30(39(27)34-31)28-8-4-5-9-29(28)36(2)42(3,40)41/h4-5,8-15,21,24H,6-7,16-20,22-23H2,1-3H3,(H,33,34). The molecule has 1 unspecified atom stereocenters. The summed E-state index contributed by atoms with van der Waals surface area (Å²) in [5.41, 5.74) is 5.13. The zero-order valence-corrected chi connectivity index (χ0v) is 25.5. The third-order valence-corrected chi connectivity index (χ3v) is 9.73. The second-order valence-corrected chi connectivity index (χ2v) is 13.6. The van der Waals surface area contributed by atoms with Crippen LogP contribution in [0.2, 0.25) is 0 Å². The van der Waals surface area contributed by atoms with Crippen molar-refractivity contribution in [2.45, 2.75) is 12.8 Å². The molecular formula is C31H40N8O2S.